The van der Waals surface area contributed by atoms with E-state index in [0.29, 0.717) is 17.2 Å². The van der Waals surface area contributed by atoms with Crippen molar-refractivity contribution in [2.75, 3.05) is 0 Å². The van der Waals surface area contributed by atoms with E-state index in [0.717, 1.165) is 16.7 Å². The fourth-order valence-electron chi connectivity index (χ4n) is 2.31. The summed E-state index contributed by atoms with van der Waals surface area (Å²) in [6.45, 7) is 11.3. The van der Waals surface area contributed by atoms with Crippen molar-refractivity contribution in [2.24, 2.45) is 0 Å². The van der Waals surface area contributed by atoms with Crippen LogP contribution in [0.3, 0.4) is 0 Å². The quantitative estimate of drug-likeness (QED) is 0.346. The molecule has 0 spiro atoms. The van der Waals surface area contributed by atoms with Crippen molar-refractivity contribution in [1.82, 2.24) is 0 Å². The Kier molecular flexibility index (Phi) is 6.99. The number of hydrogen-bond acceptors (Lipinski definition) is 3. The van der Waals surface area contributed by atoms with Gasteiger partial charge >= 0.3 is 175 Å². The average Bonchev–Trinajstić information content (AvgIpc) is 2.75. The van der Waals surface area contributed by atoms with Gasteiger partial charge in [0.2, 0.25) is 0 Å². The van der Waals surface area contributed by atoms with Crippen LogP contribution in [0.2, 0.25) is 0 Å². The zero-order chi connectivity index (χ0) is 19.8. The van der Waals surface area contributed by atoms with Gasteiger partial charge in [0.1, 0.15) is 0 Å². The first-order chi connectivity index (χ1) is 13.7. The number of rotatable bonds is 9. The van der Waals surface area contributed by atoms with Crippen LogP contribution in [0.5, 0.6) is 17.2 Å². The molecule has 0 amide bonds. The van der Waals surface area contributed by atoms with Crippen LogP contribution in [0.25, 0.3) is 18.2 Å². The predicted octanol–water partition coefficient (Wildman–Crippen LogP) is 6.14. The van der Waals surface area contributed by atoms with Crippen molar-refractivity contribution in [3.8, 4) is 17.2 Å². The minimum atomic E-state index is -3.08. The van der Waals surface area contributed by atoms with Crippen molar-refractivity contribution in [3.63, 3.8) is 0 Å². The molecule has 4 heteroatoms. The van der Waals surface area contributed by atoms with Gasteiger partial charge in [0.05, 0.1) is 0 Å². The summed E-state index contributed by atoms with van der Waals surface area (Å²) in [5, 5.41) is 0. The Morgan fingerprint density at radius 2 is 0.714 bits per heavy atom. The third-order valence-corrected chi connectivity index (χ3v) is 6.97. The summed E-state index contributed by atoms with van der Waals surface area (Å²) in [6.07, 6.45) is 5.37. The van der Waals surface area contributed by atoms with E-state index in [1.165, 1.54) is 0 Å². The van der Waals surface area contributed by atoms with Gasteiger partial charge < -0.3 is 0 Å². The van der Waals surface area contributed by atoms with E-state index >= 15 is 0 Å². The third-order valence-electron chi connectivity index (χ3n) is 3.89. The Balaban J connectivity index is 1.78. The molecule has 3 aromatic rings. The Hall–Kier alpha value is -2.90. The molecule has 0 fully saturated rings. The van der Waals surface area contributed by atoms with Crippen LogP contribution in [0.4, 0.5) is 0 Å². The summed E-state index contributed by atoms with van der Waals surface area (Å²) in [5.41, 5.74) is 3.08. The zero-order valence-corrected chi connectivity index (χ0v) is 18.0. The molecule has 28 heavy (non-hydrogen) atoms. The van der Waals surface area contributed by atoms with Crippen LogP contribution in [-0.4, -0.2) is 21.5 Å². The molecule has 140 valence electrons. The van der Waals surface area contributed by atoms with Gasteiger partial charge in [-0.15, -0.1) is 0 Å². The Morgan fingerprint density at radius 3 is 0.929 bits per heavy atom. The molecule has 3 aromatic carbocycles. The number of benzene rings is 3. The van der Waals surface area contributed by atoms with Crippen LogP contribution in [0, 0.1) is 0 Å². The molecule has 0 N–H and O–H groups in total. The molecular formula is C24H21O3Sb. The summed E-state index contributed by atoms with van der Waals surface area (Å²) in [4.78, 5) is 0. The second-order valence-corrected chi connectivity index (χ2v) is 8.66. The molecule has 0 saturated heterocycles. The first-order valence-electron chi connectivity index (χ1n) is 8.71. The Labute approximate surface area is 174 Å². The molecule has 0 unspecified atom stereocenters. The van der Waals surface area contributed by atoms with Crippen molar-refractivity contribution in [3.05, 3.63) is 109 Å². The summed E-state index contributed by atoms with van der Waals surface area (Å²) in [7, 11) is 0. The SMILES string of the molecule is C=Cc1ccc([O][Sb]([O]c2ccc(C=C)cc2)[O]c2ccc(C=C)cc2)cc1. The van der Waals surface area contributed by atoms with E-state index in [1.54, 1.807) is 18.2 Å². The van der Waals surface area contributed by atoms with Crippen LogP contribution >= 0.6 is 0 Å². The first kappa shape index (κ1) is 19.8. The van der Waals surface area contributed by atoms with E-state index in [1.807, 2.05) is 72.8 Å². The normalized spacial score (nSPS) is 10.2. The Morgan fingerprint density at radius 1 is 0.464 bits per heavy atom. The van der Waals surface area contributed by atoms with Gasteiger partial charge in [-0.1, -0.05) is 0 Å². The van der Waals surface area contributed by atoms with Crippen LogP contribution in [0.15, 0.2) is 92.5 Å². The number of hydrogen-bond donors (Lipinski definition) is 0. The van der Waals surface area contributed by atoms with Gasteiger partial charge in [-0.3, -0.25) is 0 Å². The van der Waals surface area contributed by atoms with E-state index < -0.39 is 21.5 Å². The van der Waals surface area contributed by atoms with E-state index in [2.05, 4.69) is 19.7 Å². The molecule has 0 saturated carbocycles. The molecular weight excluding hydrogens is 458 g/mol. The van der Waals surface area contributed by atoms with Crippen molar-refractivity contribution >= 4 is 39.7 Å². The summed E-state index contributed by atoms with van der Waals surface area (Å²) < 4.78 is 18.3. The van der Waals surface area contributed by atoms with Crippen molar-refractivity contribution in [2.45, 2.75) is 0 Å². The topological polar surface area (TPSA) is 27.7 Å². The maximum absolute atomic E-state index is 6.10. The summed E-state index contributed by atoms with van der Waals surface area (Å²) in [6, 6.07) is 23.0. The fourth-order valence-corrected chi connectivity index (χ4v) is 5.14. The molecule has 3 nitrogen and oxygen atoms in total. The van der Waals surface area contributed by atoms with Gasteiger partial charge in [-0.25, -0.2) is 0 Å². The second-order valence-electron chi connectivity index (χ2n) is 5.82. The molecule has 0 bridgehead atoms. The molecule has 3 rings (SSSR count). The molecule has 0 heterocycles. The summed E-state index contributed by atoms with van der Waals surface area (Å²) in [5.74, 6) is 2.12. The fraction of sp³-hybridized carbons (Fsp3) is 0. The van der Waals surface area contributed by atoms with E-state index in [-0.39, 0.29) is 0 Å². The summed E-state index contributed by atoms with van der Waals surface area (Å²) >= 11 is -3.08. The Bertz CT molecular complexity index is 802. The van der Waals surface area contributed by atoms with Gasteiger partial charge in [-0.2, -0.15) is 0 Å². The average molecular weight is 479 g/mol. The van der Waals surface area contributed by atoms with Gasteiger partial charge in [0.25, 0.3) is 0 Å². The standard InChI is InChI=1S/3C8H8O.Sb/c3*1-2-7-3-5-8(9)6-4-7;/h3*2-6,9H,1H2;/q;;;+3/p-3. The second kappa shape index (κ2) is 9.87. The molecule has 0 aromatic heterocycles. The van der Waals surface area contributed by atoms with Gasteiger partial charge in [0, 0.05) is 0 Å². The van der Waals surface area contributed by atoms with Gasteiger partial charge in [0.15, 0.2) is 0 Å². The molecule has 0 radical (unpaired) electrons. The van der Waals surface area contributed by atoms with Crippen LogP contribution < -0.4 is 9.05 Å². The van der Waals surface area contributed by atoms with Crippen LogP contribution in [0.1, 0.15) is 16.7 Å². The van der Waals surface area contributed by atoms with Gasteiger partial charge in [-0.05, 0) is 0 Å². The van der Waals surface area contributed by atoms with Crippen molar-refractivity contribution in [1.29, 1.82) is 0 Å². The predicted molar refractivity (Wildman–Crippen MR) is 117 cm³/mol. The zero-order valence-electron chi connectivity index (χ0n) is 15.5. The maximum atomic E-state index is 6.10. The van der Waals surface area contributed by atoms with Crippen LogP contribution in [-0.2, 0) is 0 Å². The molecule has 0 aliphatic carbocycles. The molecule has 0 atom stereocenters. The van der Waals surface area contributed by atoms with E-state index in [4.69, 9.17) is 9.05 Å². The molecule has 0 aliphatic rings. The third kappa shape index (κ3) is 5.55. The molecule has 0 aliphatic heterocycles. The monoisotopic (exact) mass is 478 g/mol. The van der Waals surface area contributed by atoms with E-state index in [9.17, 15) is 0 Å². The minimum absolute atomic E-state index is 0.707. The first-order valence-corrected chi connectivity index (χ1v) is 11.8. The van der Waals surface area contributed by atoms with Crippen molar-refractivity contribution < 1.29 is 9.05 Å².